The fourth-order valence-electron chi connectivity index (χ4n) is 3.49. The molecule has 0 bridgehead atoms. The number of hydrogen-bond donors (Lipinski definition) is 0. The van der Waals surface area contributed by atoms with Crippen LogP contribution in [-0.4, -0.2) is 54.4 Å². The molecule has 1 saturated heterocycles. The summed E-state index contributed by atoms with van der Waals surface area (Å²) in [6.07, 6.45) is 0.926. The van der Waals surface area contributed by atoms with Gasteiger partial charge in [0, 0.05) is 42.9 Å². The Balaban J connectivity index is 1.23. The molecule has 7 heteroatoms. The molecule has 1 aliphatic heterocycles. The fraction of sp³-hybridized carbons (Fsp3) is 0.400. The summed E-state index contributed by atoms with van der Waals surface area (Å²) < 4.78 is 18.8. The van der Waals surface area contributed by atoms with E-state index in [2.05, 4.69) is 6.07 Å². The molecule has 4 rings (SSSR count). The molecule has 2 aromatic rings. The van der Waals surface area contributed by atoms with Crippen LogP contribution in [0.15, 0.2) is 41.8 Å². The monoisotopic (exact) mass is 388 g/mol. The Hall–Kier alpha value is -2.41. The minimum absolute atomic E-state index is 0.0769. The lowest BCUT2D eigenvalue weighted by Crippen LogP contribution is -2.52. The van der Waals surface area contributed by atoms with Gasteiger partial charge < -0.3 is 14.5 Å². The third-order valence-corrected chi connectivity index (χ3v) is 6.15. The van der Waals surface area contributed by atoms with Gasteiger partial charge in [0.2, 0.25) is 5.91 Å². The Kier molecular flexibility index (Phi) is 5.11. The zero-order chi connectivity index (χ0) is 18.8. The van der Waals surface area contributed by atoms with Crippen molar-refractivity contribution >= 4 is 23.2 Å². The Morgan fingerprint density at radius 3 is 2.52 bits per heavy atom. The predicted octanol–water partition coefficient (Wildman–Crippen LogP) is 2.74. The van der Waals surface area contributed by atoms with Gasteiger partial charge in [0.15, 0.2) is 18.2 Å². The Morgan fingerprint density at radius 2 is 1.81 bits per heavy atom. The second-order valence-corrected chi connectivity index (χ2v) is 7.87. The van der Waals surface area contributed by atoms with Crippen molar-refractivity contribution in [3.63, 3.8) is 0 Å². The summed E-state index contributed by atoms with van der Waals surface area (Å²) in [6, 6.07) is 10.1. The number of nitrogens with zero attached hydrogens (tertiary/aromatic N) is 2. The first kappa shape index (κ1) is 18.0. The number of ether oxygens (including phenoxy) is 1. The largest absolute Gasteiger partial charge is 0.481 e. The summed E-state index contributed by atoms with van der Waals surface area (Å²) >= 11 is 1.71. The number of piperazine rings is 1. The van der Waals surface area contributed by atoms with Crippen LogP contribution in [0.2, 0.25) is 0 Å². The van der Waals surface area contributed by atoms with E-state index >= 15 is 0 Å². The van der Waals surface area contributed by atoms with Crippen LogP contribution in [0.4, 0.5) is 4.39 Å². The summed E-state index contributed by atoms with van der Waals surface area (Å²) in [6.45, 7) is 1.86. The lowest BCUT2D eigenvalue weighted by Gasteiger charge is -2.35. The van der Waals surface area contributed by atoms with E-state index in [0.717, 1.165) is 6.42 Å². The van der Waals surface area contributed by atoms with Crippen LogP contribution in [0.3, 0.4) is 0 Å². The number of halogens is 1. The quantitative estimate of drug-likeness (QED) is 0.791. The SMILES string of the molecule is O=C(COc1ccccc1F)N1CCN(C(=O)C2CC2c2cccs2)CC1. The summed E-state index contributed by atoms with van der Waals surface area (Å²) in [7, 11) is 0. The van der Waals surface area contributed by atoms with Gasteiger partial charge in [-0.05, 0) is 30.0 Å². The standard InChI is InChI=1S/C20H21FN2O3S/c21-16-4-1-2-5-17(16)26-13-19(24)22-7-9-23(10-8-22)20(25)15-12-14(15)18-6-3-11-27-18/h1-6,11,14-15H,7-10,12-13H2. The molecule has 1 aromatic carbocycles. The van der Waals surface area contributed by atoms with Crippen LogP contribution >= 0.6 is 11.3 Å². The molecule has 0 spiro atoms. The van der Waals surface area contributed by atoms with E-state index in [1.54, 1.807) is 28.4 Å². The van der Waals surface area contributed by atoms with Crippen molar-refractivity contribution < 1.29 is 18.7 Å². The minimum Gasteiger partial charge on any atom is -0.481 e. The molecule has 2 fully saturated rings. The Morgan fingerprint density at radius 1 is 1.07 bits per heavy atom. The lowest BCUT2D eigenvalue weighted by atomic mass is 10.2. The summed E-state index contributed by atoms with van der Waals surface area (Å²) in [4.78, 5) is 29.8. The molecule has 2 amide bonds. The van der Waals surface area contributed by atoms with Crippen molar-refractivity contribution in [1.29, 1.82) is 0 Å². The molecule has 5 nitrogen and oxygen atoms in total. The molecule has 2 atom stereocenters. The second kappa shape index (κ2) is 7.68. The zero-order valence-electron chi connectivity index (χ0n) is 14.8. The molecule has 2 unspecified atom stereocenters. The van der Waals surface area contributed by atoms with Gasteiger partial charge in [0.05, 0.1) is 0 Å². The molecule has 0 N–H and O–H groups in total. The molecular weight excluding hydrogens is 367 g/mol. The first-order chi connectivity index (χ1) is 13.1. The van der Waals surface area contributed by atoms with Gasteiger partial charge in [-0.1, -0.05) is 18.2 Å². The minimum atomic E-state index is -0.481. The van der Waals surface area contributed by atoms with Gasteiger partial charge in [0.25, 0.3) is 5.91 Å². The smallest absolute Gasteiger partial charge is 0.260 e. The maximum atomic E-state index is 13.5. The van der Waals surface area contributed by atoms with Crippen LogP contribution in [0.1, 0.15) is 17.2 Å². The molecule has 0 radical (unpaired) electrons. The van der Waals surface area contributed by atoms with Crippen molar-refractivity contribution in [2.75, 3.05) is 32.8 Å². The zero-order valence-corrected chi connectivity index (χ0v) is 15.7. The van der Waals surface area contributed by atoms with E-state index in [1.165, 1.54) is 17.0 Å². The predicted molar refractivity (Wildman–Crippen MR) is 100 cm³/mol. The maximum absolute atomic E-state index is 13.5. The number of hydrogen-bond acceptors (Lipinski definition) is 4. The molecule has 1 aromatic heterocycles. The van der Waals surface area contributed by atoms with Crippen LogP contribution in [-0.2, 0) is 9.59 Å². The molecule has 1 aliphatic carbocycles. The molecular formula is C20H21FN2O3S. The van der Waals surface area contributed by atoms with Crippen molar-refractivity contribution in [2.24, 2.45) is 5.92 Å². The maximum Gasteiger partial charge on any atom is 0.260 e. The Labute approximate surface area is 161 Å². The molecule has 142 valence electrons. The van der Waals surface area contributed by atoms with Gasteiger partial charge in [-0.3, -0.25) is 9.59 Å². The van der Waals surface area contributed by atoms with E-state index < -0.39 is 5.82 Å². The van der Waals surface area contributed by atoms with E-state index in [1.807, 2.05) is 16.3 Å². The highest BCUT2D eigenvalue weighted by Gasteiger charge is 2.46. The highest BCUT2D eigenvalue weighted by atomic mass is 32.1. The lowest BCUT2D eigenvalue weighted by molar-refractivity contribution is -0.141. The number of amides is 2. The van der Waals surface area contributed by atoms with Gasteiger partial charge >= 0.3 is 0 Å². The average molecular weight is 388 g/mol. The summed E-state index contributed by atoms with van der Waals surface area (Å²) in [5.41, 5.74) is 0. The number of carbonyl (C=O) groups is 2. The van der Waals surface area contributed by atoms with Crippen LogP contribution in [0.5, 0.6) is 5.75 Å². The first-order valence-electron chi connectivity index (χ1n) is 9.11. The number of para-hydroxylation sites is 1. The number of carbonyl (C=O) groups excluding carboxylic acids is 2. The molecule has 2 heterocycles. The van der Waals surface area contributed by atoms with E-state index in [9.17, 15) is 14.0 Å². The first-order valence-corrected chi connectivity index (χ1v) is 9.99. The third kappa shape index (κ3) is 3.98. The van der Waals surface area contributed by atoms with Gasteiger partial charge in [-0.2, -0.15) is 0 Å². The van der Waals surface area contributed by atoms with Crippen molar-refractivity contribution in [3.05, 3.63) is 52.5 Å². The van der Waals surface area contributed by atoms with Crippen molar-refractivity contribution in [2.45, 2.75) is 12.3 Å². The highest BCUT2D eigenvalue weighted by Crippen LogP contribution is 2.50. The molecule has 27 heavy (non-hydrogen) atoms. The van der Waals surface area contributed by atoms with E-state index in [4.69, 9.17) is 4.74 Å². The van der Waals surface area contributed by atoms with Crippen LogP contribution < -0.4 is 4.74 Å². The molecule has 1 saturated carbocycles. The molecule has 2 aliphatic rings. The van der Waals surface area contributed by atoms with Gasteiger partial charge in [-0.15, -0.1) is 11.3 Å². The van der Waals surface area contributed by atoms with Gasteiger partial charge in [0.1, 0.15) is 0 Å². The normalized spacial score (nSPS) is 21.8. The van der Waals surface area contributed by atoms with E-state index in [-0.39, 0.29) is 30.1 Å². The fourth-order valence-corrected chi connectivity index (χ4v) is 4.39. The van der Waals surface area contributed by atoms with E-state index in [0.29, 0.717) is 32.1 Å². The third-order valence-electron chi connectivity index (χ3n) is 5.15. The summed E-state index contributed by atoms with van der Waals surface area (Å²) in [5, 5.41) is 2.04. The number of thiophene rings is 1. The Bertz CT molecular complexity index is 818. The van der Waals surface area contributed by atoms with Crippen LogP contribution in [0, 0.1) is 11.7 Å². The second-order valence-electron chi connectivity index (χ2n) is 6.89. The average Bonchev–Trinajstić information content (AvgIpc) is 3.31. The topological polar surface area (TPSA) is 49.9 Å². The van der Waals surface area contributed by atoms with Gasteiger partial charge in [-0.25, -0.2) is 4.39 Å². The highest BCUT2D eigenvalue weighted by molar-refractivity contribution is 7.10. The van der Waals surface area contributed by atoms with Crippen molar-refractivity contribution in [3.8, 4) is 5.75 Å². The van der Waals surface area contributed by atoms with Crippen molar-refractivity contribution in [1.82, 2.24) is 9.80 Å². The number of rotatable bonds is 5. The van der Waals surface area contributed by atoms with Crippen LogP contribution in [0.25, 0.3) is 0 Å². The number of benzene rings is 1. The summed E-state index contributed by atoms with van der Waals surface area (Å²) in [5.74, 6) is 0.0661.